The summed E-state index contributed by atoms with van der Waals surface area (Å²) in [6.07, 6.45) is 0.851. The minimum Gasteiger partial charge on any atom is -0.337 e. The second-order valence-electron chi connectivity index (χ2n) is 7.03. The summed E-state index contributed by atoms with van der Waals surface area (Å²) in [6.45, 7) is 2.28. The Morgan fingerprint density at radius 1 is 1.27 bits per heavy atom. The molecule has 1 unspecified atom stereocenters. The molecule has 0 aliphatic carbocycles. The number of rotatable bonds is 2. The molecular weight excluding hydrogens is 370 g/mol. The van der Waals surface area contributed by atoms with Crippen molar-refractivity contribution in [3.63, 3.8) is 0 Å². The third-order valence-corrected chi connectivity index (χ3v) is 6.35. The zero-order chi connectivity index (χ0) is 18.3. The van der Waals surface area contributed by atoms with E-state index in [0.29, 0.717) is 36.8 Å². The highest BCUT2D eigenvalue weighted by Crippen LogP contribution is 2.34. The first-order chi connectivity index (χ1) is 12.5. The molecule has 2 amide bonds. The predicted molar refractivity (Wildman–Crippen MR) is 104 cm³/mol. The number of hydrogen-bond acceptors (Lipinski definition) is 4. The summed E-state index contributed by atoms with van der Waals surface area (Å²) in [7, 11) is 1.98. The van der Waals surface area contributed by atoms with E-state index in [4.69, 9.17) is 11.6 Å². The summed E-state index contributed by atoms with van der Waals surface area (Å²) in [5.74, 6) is 0.105. The van der Waals surface area contributed by atoms with Gasteiger partial charge in [-0.3, -0.25) is 14.5 Å². The summed E-state index contributed by atoms with van der Waals surface area (Å²) >= 11 is 7.62. The molecule has 136 valence electrons. The molecule has 2 aliphatic rings. The number of likely N-dealkylation sites (N-methyl/N-ethyl adjacent to an activating group) is 1. The van der Waals surface area contributed by atoms with Gasteiger partial charge in [0.05, 0.1) is 17.8 Å². The molecular formula is C19H20ClN3O2S. The Balaban J connectivity index is 1.55. The zero-order valence-electron chi connectivity index (χ0n) is 14.5. The van der Waals surface area contributed by atoms with Crippen molar-refractivity contribution in [2.75, 3.05) is 38.1 Å². The van der Waals surface area contributed by atoms with Gasteiger partial charge in [0.15, 0.2) is 0 Å². The Labute approximate surface area is 161 Å². The van der Waals surface area contributed by atoms with Gasteiger partial charge < -0.3 is 9.80 Å². The Morgan fingerprint density at radius 3 is 2.85 bits per heavy atom. The average molecular weight is 390 g/mol. The lowest BCUT2D eigenvalue weighted by molar-refractivity contribution is -0.123. The van der Waals surface area contributed by atoms with Crippen molar-refractivity contribution in [1.29, 1.82) is 0 Å². The van der Waals surface area contributed by atoms with E-state index in [1.54, 1.807) is 35.6 Å². The van der Waals surface area contributed by atoms with Crippen molar-refractivity contribution in [1.82, 2.24) is 9.80 Å². The Hall–Kier alpha value is -1.89. The molecule has 1 atom stereocenters. The molecule has 0 saturated carbocycles. The molecule has 5 nitrogen and oxygen atoms in total. The van der Waals surface area contributed by atoms with E-state index in [1.807, 2.05) is 33.7 Å². The summed E-state index contributed by atoms with van der Waals surface area (Å²) < 4.78 is 0. The van der Waals surface area contributed by atoms with Gasteiger partial charge in [0.25, 0.3) is 5.91 Å². The number of likely N-dealkylation sites (tertiary alicyclic amines) is 1. The molecule has 0 N–H and O–H groups in total. The van der Waals surface area contributed by atoms with Crippen LogP contribution in [0.25, 0.3) is 0 Å². The van der Waals surface area contributed by atoms with Crippen LogP contribution in [0.1, 0.15) is 16.8 Å². The number of carbonyl (C=O) groups excluding carboxylic acids is 2. The Morgan fingerprint density at radius 2 is 2.12 bits per heavy atom. The van der Waals surface area contributed by atoms with Crippen LogP contribution >= 0.6 is 22.9 Å². The van der Waals surface area contributed by atoms with E-state index in [0.717, 1.165) is 12.1 Å². The van der Waals surface area contributed by atoms with Gasteiger partial charge in [-0.1, -0.05) is 17.7 Å². The first kappa shape index (κ1) is 17.5. The van der Waals surface area contributed by atoms with Crippen molar-refractivity contribution in [3.05, 3.63) is 51.7 Å². The Kier molecular flexibility index (Phi) is 4.50. The number of anilines is 1. The fourth-order valence-corrected chi connectivity index (χ4v) is 4.71. The smallest absolute Gasteiger partial charge is 0.253 e. The molecule has 0 radical (unpaired) electrons. The van der Waals surface area contributed by atoms with Crippen LogP contribution in [0.5, 0.6) is 0 Å². The predicted octanol–water partition coefficient (Wildman–Crippen LogP) is 2.96. The van der Waals surface area contributed by atoms with Crippen LogP contribution in [0.3, 0.4) is 0 Å². The van der Waals surface area contributed by atoms with Gasteiger partial charge >= 0.3 is 0 Å². The summed E-state index contributed by atoms with van der Waals surface area (Å²) in [6, 6.07) is 9.05. The van der Waals surface area contributed by atoms with E-state index < -0.39 is 0 Å². The second-order valence-corrected chi connectivity index (χ2v) is 8.25. The lowest BCUT2D eigenvalue weighted by atomic mass is 9.93. The third kappa shape index (κ3) is 3.02. The quantitative estimate of drug-likeness (QED) is 0.793. The van der Waals surface area contributed by atoms with Crippen molar-refractivity contribution in [2.24, 2.45) is 0 Å². The van der Waals surface area contributed by atoms with Crippen LogP contribution in [0, 0.1) is 0 Å². The minimum atomic E-state index is -0.204. The van der Waals surface area contributed by atoms with E-state index in [9.17, 15) is 9.59 Å². The topological polar surface area (TPSA) is 43.9 Å². The number of piperazine rings is 1. The highest BCUT2D eigenvalue weighted by Gasteiger charge is 2.48. The maximum atomic E-state index is 12.9. The number of hydrogen-bond donors (Lipinski definition) is 0. The monoisotopic (exact) mass is 389 g/mol. The third-order valence-electron chi connectivity index (χ3n) is 5.44. The molecule has 0 bridgehead atoms. The van der Waals surface area contributed by atoms with Crippen molar-refractivity contribution >= 4 is 40.4 Å². The van der Waals surface area contributed by atoms with E-state index in [-0.39, 0.29) is 17.4 Å². The molecule has 3 heterocycles. The van der Waals surface area contributed by atoms with Crippen LogP contribution < -0.4 is 4.90 Å². The van der Waals surface area contributed by atoms with Crippen LogP contribution in [0.4, 0.5) is 5.69 Å². The van der Waals surface area contributed by atoms with Gasteiger partial charge in [0.1, 0.15) is 0 Å². The molecule has 1 spiro atoms. The fourth-order valence-electron chi connectivity index (χ4n) is 3.88. The van der Waals surface area contributed by atoms with Gasteiger partial charge in [0.2, 0.25) is 5.91 Å². The highest BCUT2D eigenvalue weighted by atomic mass is 35.5. The molecule has 7 heteroatoms. The van der Waals surface area contributed by atoms with Crippen LogP contribution in [0.15, 0.2) is 41.1 Å². The number of carbonyl (C=O) groups is 2. The lowest BCUT2D eigenvalue weighted by Gasteiger charge is -2.46. The van der Waals surface area contributed by atoms with Gasteiger partial charge in [-0.25, -0.2) is 0 Å². The highest BCUT2D eigenvalue weighted by molar-refractivity contribution is 7.08. The molecule has 26 heavy (non-hydrogen) atoms. The maximum Gasteiger partial charge on any atom is 0.253 e. The van der Waals surface area contributed by atoms with Crippen LogP contribution in [-0.4, -0.2) is 60.4 Å². The number of benzene rings is 1. The molecule has 2 aromatic rings. The van der Waals surface area contributed by atoms with Crippen molar-refractivity contribution in [3.8, 4) is 0 Å². The van der Waals surface area contributed by atoms with E-state index >= 15 is 0 Å². The normalized spacial score (nSPS) is 23.8. The Bertz CT molecular complexity index is 841. The van der Waals surface area contributed by atoms with Gasteiger partial charge in [-0.15, -0.1) is 0 Å². The fraction of sp³-hybridized carbons (Fsp3) is 0.368. The number of halogens is 1. The largest absolute Gasteiger partial charge is 0.337 e. The maximum absolute atomic E-state index is 12.9. The SMILES string of the molecule is CN1CC(=O)N(c2ccsc2)CC12CCN(C(=O)c1cccc(Cl)c1)C2. The number of nitrogens with zero attached hydrogens (tertiary/aromatic N) is 3. The first-order valence-corrected chi connectivity index (χ1v) is 9.89. The van der Waals surface area contributed by atoms with E-state index in [2.05, 4.69) is 4.90 Å². The summed E-state index contributed by atoms with van der Waals surface area (Å²) in [5.41, 5.74) is 1.36. The van der Waals surface area contributed by atoms with E-state index in [1.165, 1.54) is 0 Å². The first-order valence-electron chi connectivity index (χ1n) is 8.57. The van der Waals surface area contributed by atoms with Crippen LogP contribution in [0.2, 0.25) is 5.02 Å². The average Bonchev–Trinajstić information content (AvgIpc) is 3.29. The summed E-state index contributed by atoms with van der Waals surface area (Å²) in [5, 5.41) is 4.55. The molecule has 2 aliphatic heterocycles. The summed E-state index contributed by atoms with van der Waals surface area (Å²) in [4.78, 5) is 31.2. The standard InChI is InChI=1S/C19H20ClN3O2S/c1-21-10-17(24)23(16-5-8-26-11-16)13-19(21)6-7-22(12-19)18(25)14-3-2-4-15(20)9-14/h2-5,8-9,11H,6-7,10,12-13H2,1H3. The van der Waals surface area contributed by atoms with Gasteiger partial charge in [-0.2, -0.15) is 11.3 Å². The van der Waals surface area contributed by atoms with Crippen molar-refractivity contribution in [2.45, 2.75) is 12.0 Å². The lowest BCUT2D eigenvalue weighted by Crippen LogP contribution is -2.64. The molecule has 1 aromatic heterocycles. The van der Waals surface area contributed by atoms with Crippen molar-refractivity contribution < 1.29 is 9.59 Å². The number of thiophene rings is 1. The number of amides is 2. The molecule has 2 fully saturated rings. The molecule has 2 saturated heterocycles. The zero-order valence-corrected chi connectivity index (χ0v) is 16.1. The van der Waals surface area contributed by atoms with Gasteiger partial charge in [-0.05, 0) is 43.1 Å². The molecule has 4 rings (SSSR count). The van der Waals surface area contributed by atoms with Crippen LogP contribution in [-0.2, 0) is 4.79 Å². The molecule has 1 aromatic carbocycles. The second kappa shape index (κ2) is 6.68. The minimum absolute atomic E-state index is 0.00300. The van der Waals surface area contributed by atoms with Gasteiger partial charge in [0, 0.05) is 35.6 Å².